The van der Waals surface area contributed by atoms with Crippen LogP contribution in [0.4, 0.5) is 0 Å². The zero-order valence-electron chi connectivity index (χ0n) is 9.52. The molecule has 0 unspecified atom stereocenters. The van der Waals surface area contributed by atoms with E-state index in [0.29, 0.717) is 19.1 Å². The van der Waals surface area contributed by atoms with Crippen molar-refractivity contribution < 1.29 is 9.84 Å². The summed E-state index contributed by atoms with van der Waals surface area (Å²) in [6.07, 6.45) is 0. The Hall–Kier alpha value is -0.860. The van der Waals surface area contributed by atoms with Crippen molar-refractivity contribution in [1.29, 1.82) is 0 Å². The van der Waals surface area contributed by atoms with Crippen molar-refractivity contribution in [2.45, 2.75) is 20.5 Å². The standard InChI is InChI=1S/C13H20O2/c1-11(2)13(8-14)10-15-9-12-6-4-3-5-7-12/h3-7,11,13-14H,8-10H2,1-2H3/t13-/m0/s1. The Morgan fingerprint density at radius 3 is 2.40 bits per heavy atom. The fourth-order valence-corrected chi connectivity index (χ4v) is 1.36. The number of ether oxygens (including phenoxy) is 1. The average molecular weight is 208 g/mol. The van der Waals surface area contributed by atoms with Gasteiger partial charge in [-0.3, -0.25) is 0 Å². The van der Waals surface area contributed by atoms with Gasteiger partial charge in [-0.05, 0) is 11.5 Å². The van der Waals surface area contributed by atoms with Crippen LogP contribution in [0, 0.1) is 11.8 Å². The van der Waals surface area contributed by atoms with Crippen LogP contribution in [0.1, 0.15) is 19.4 Å². The van der Waals surface area contributed by atoms with Crippen LogP contribution < -0.4 is 0 Å². The number of hydrogen-bond donors (Lipinski definition) is 1. The largest absolute Gasteiger partial charge is 0.396 e. The van der Waals surface area contributed by atoms with Gasteiger partial charge in [0.05, 0.1) is 13.2 Å². The summed E-state index contributed by atoms with van der Waals surface area (Å²) in [5.74, 6) is 0.708. The van der Waals surface area contributed by atoms with Crippen LogP contribution in [-0.4, -0.2) is 18.3 Å². The summed E-state index contributed by atoms with van der Waals surface area (Å²) in [4.78, 5) is 0. The molecular weight excluding hydrogens is 188 g/mol. The first kappa shape index (κ1) is 12.2. The Morgan fingerprint density at radius 2 is 1.87 bits per heavy atom. The van der Waals surface area contributed by atoms with Crippen molar-refractivity contribution in [3.8, 4) is 0 Å². The van der Waals surface area contributed by atoms with Gasteiger partial charge >= 0.3 is 0 Å². The van der Waals surface area contributed by atoms with Crippen LogP contribution in [0.2, 0.25) is 0 Å². The zero-order valence-corrected chi connectivity index (χ0v) is 9.52. The first-order valence-electron chi connectivity index (χ1n) is 5.46. The Labute approximate surface area is 91.9 Å². The normalized spacial score (nSPS) is 13.1. The van der Waals surface area contributed by atoms with E-state index in [1.165, 1.54) is 5.56 Å². The lowest BCUT2D eigenvalue weighted by molar-refractivity contribution is 0.0448. The second-order valence-electron chi connectivity index (χ2n) is 4.19. The number of benzene rings is 1. The molecule has 0 aliphatic rings. The molecule has 0 radical (unpaired) electrons. The zero-order chi connectivity index (χ0) is 11.1. The fourth-order valence-electron chi connectivity index (χ4n) is 1.36. The van der Waals surface area contributed by atoms with Gasteiger partial charge in [0.15, 0.2) is 0 Å². The van der Waals surface area contributed by atoms with Crippen LogP contribution in [0.5, 0.6) is 0 Å². The van der Waals surface area contributed by atoms with E-state index >= 15 is 0 Å². The molecule has 0 spiro atoms. The van der Waals surface area contributed by atoms with Gasteiger partial charge in [-0.15, -0.1) is 0 Å². The molecule has 0 heterocycles. The maximum absolute atomic E-state index is 9.11. The molecule has 1 atom stereocenters. The minimum absolute atomic E-state index is 0.201. The molecule has 0 aliphatic heterocycles. The maximum atomic E-state index is 9.11. The van der Waals surface area contributed by atoms with Gasteiger partial charge < -0.3 is 9.84 Å². The molecule has 15 heavy (non-hydrogen) atoms. The Kier molecular flexibility index (Phi) is 5.37. The SMILES string of the molecule is CC(C)[C@@H](CO)COCc1ccccc1. The Bertz CT molecular complexity index is 256. The first-order chi connectivity index (χ1) is 7.24. The summed E-state index contributed by atoms with van der Waals surface area (Å²) in [6, 6.07) is 10.1. The number of rotatable bonds is 6. The fraction of sp³-hybridized carbons (Fsp3) is 0.538. The summed E-state index contributed by atoms with van der Waals surface area (Å²) >= 11 is 0. The monoisotopic (exact) mass is 208 g/mol. The van der Waals surface area contributed by atoms with E-state index < -0.39 is 0 Å². The third-order valence-corrected chi connectivity index (χ3v) is 2.62. The second-order valence-corrected chi connectivity index (χ2v) is 4.19. The summed E-state index contributed by atoms with van der Waals surface area (Å²) in [6.45, 7) is 5.67. The second kappa shape index (κ2) is 6.59. The molecule has 0 amide bonds. The van der Waals surface area contributed by atoms with Crippen molar-refractivity contribution in [1.82, 2.24) is 0 Å². The highest BCUT2D eigenvalue weighted by Gasteiger charge is 2.11. The molecule has 0 fully saturated rings. The van der Waals surface area contributed by atoms with Crippen molar-refractivity contribution in [3.63, 3.8) is 0 Å². The Morgan fingerprint density at radius 1 is 1.20 bits per heavy atom. The molecule has 0 saturated heterocycles. The topological polar surface area (TPSA) is 29.5 Å². The molecule has 2 heteroatoms. The van der Waals surface area contributed by atoms with Crippen molar-refractivity contribution in [3.05, 3.63) is 35.9 Å². The molecule has 1 N–H and O–H groups in total. The Balaban J connectivity index is 2.27. The molecule has 1 aromatic carbocycles. The highest BCUT2D eigenvalue weighted by atomic mass is 16.5. The highest BCUT2D eigenvalue weighted by molar-refractivity contribution is 5.13. The van der Waals surface area contributed by atoms with E-state index in [9.17, 15) is 0 Å². The van der Waals surface area contributed by atoms with Crippen LogP contribution in [0.25, 0.3) is 0 Å². The lowest BCUT2D eigenvalue weighted by atomic mass is 9.98. The first-order valence-corrected chi connectivity index (χ1v) is 5.46. The van der Waals surface area contributed by atoms with E-state index in [1.54, 1.807) is 0 Å². The van der Waals surface area contributed by atoms with Gasteiger partial charge in [0.1, 0.15) is 0 Å². The molecule has 1 rings (SSSR count). The van der Waals surface area contributed by atoms with E-state index in [-0.39, 0.29) is 12.5 Å². The third-order valence-electron chi connectivity index (χ3n) is 2.62. The third kappa shape index (κ3) is 4.45. The van der Waals surface area contributed by atoms with Crippen molar-refractivity contribution in [2.75, 3.05) is 13.2 Å². The molecule has 1 aromatic rings. The lowest BCUT2D eigenvalue weighted by Crippen LogP contribution is -2.19. The molecule has 0 aromatic heterocycles. The summed E-state index contributed by atoms with van der Waals surface area (Å²) in [7, 11) is 0. The predicted molar refractivity (Wildman–Crippen MR) is 61.5 cm³/mol. The van der Waals surface area contributed by atoms with Gasteiger partial charge in [0.2, 0.25) is 0 Å². The molecule has 84 valence electrons. The lowest BCUT2D eigenvalue weighted by Gasteiger charge is -2.17. The predicted octanol–water partition coefficient (Wildman–Crippen LogP) is 2.47. The number of aliphatic hydroxyl groups excluding tert-OH is 1. The van der Waals surface area contributed by atoms with Crippen LogP contribution in [0.3, 0.4) is 0 Å². The van der Waals surface area contributed by atoms with Crippen LogP contribution in [0.15, 0.2) is 30.3 Å². The van der Waals surface area contributed by atoms with E-state index in [4.69, 9.17) is 9.84 Å². The summed E-state index contributed by atoms with van der Waals surface area (Å²) in [5, 5.41) is 9.11. The van der Waals surface area contributed by atoms with Gasteiger partial charge in [0.25, 0.3) is 0 Å². The maximum Gasteiger partial charge on any atom is 0.0717 e. The minimum atomic E-state index is 0.201. The van der Waals surface area contributed by atoms with E-state index in [1.807, 2.05) is 30.3 Å². The molecule has 0 saturated carbocycles. The van der Waals surface area contributed by atoms with Gasteiger partial charge in [-0.2, -0.15) is 0 Å². The quantitative estimate of drug-likeness (QED) is 0.778. The smallest absolute Gasteiger partial charge is 0.0717 e. The number of hydrogen-bond acceptors (Lipinski definition) is 2. The molecule has 0 aliphatic carbocycles. The van der Waals surface area contributed by atoms with Crippen molar-refractivity contribution >= 4 is 0 Å². The summed E-state index contributed by atoms with van der Waals surface area (Å²) in [5.41, 5.74) is 1.18. The molecular formula is C13H20O2. The molecule has 0 bridgehead atoms. The summed E-state index contributed by atoms with van der Waals surface area (Å²) < 4.78 is 5.57. The molecule has 2 nitrogen and oxygen atoms in total. The van der Waals surface area contributed by atoms with Crippen LogP contribution >= 0.6 is 0 Å². The van der Waals surface area contributed by atoms with Crippen molar-refractivity contribution in [2.24, 2.45) is 11.8 Å². The average Bonchev–Trinajstić information content (AvgIpc) is 2.25. The van der Waals surface area contributed by atoms with E-state index in [0.717, 1.165) is 0 Å². The number of aliphatic hydroxyl groups is 1. The van der Waals surface area contributed by atoms with Crippen LogP contribution in [-0.2, 0) is 11.3 Å². The highest BCUT2D eigenvalue weighted by Crippen LogP contribution is 2.11. The minimum Gasteiger partial charge on any atom is -0.396 e. The van der Waals surface area contributed by atoms with Gasteiger partial charge in [0, 0.05) is 12.5 Å². The van der Waals surface area contributed by atoms with Gasteiger partial charge in [-0.1, -0.05) is 44.2 Å². The van der Waals surface area contributed by atoms with E-state index in [2.05, 4.69) is 13.8 Å². The van der Waals surface area contributed by atoms with Gasteiger partial charge in [-0.25, -0.2) is 0 Å².